The van der Waals surface area contributed by atoms with Crippen LogP contribution in [0.25, 0.3) is 0 Å². The molecule has 0 N–H and O–H groups in total. The third kappa shape index (κ3) is 60.9. The van der Waals surface area contributed by atoms with Crippen LogP contribution in [-0.4, -0.2) is 37.2 Å². The lowest BCUT2D eigenvalue weighted by Crippen LogP contribution is -2.30. The maximum Gasteiger partial charge on any atom is 0.306 e. The van der Waals surface area contributed by atoms with Gasteiger partial charge in [0.1, 0.15) is 13.2 Å². The molecule has 0 aromatic rings. The van der Waals surface area contributed by atoms with Crippen LogP contribution in [0.2, 0.25) is 0 Å². The first-order valence-corrected chi connectivity index (χ1v) is 31.9. The summed E-state index contributed by atoms with van der Waals surface area (Å²) < 4.78 is 16.9. The van der Waals surface area contributed by atoms with Crippen LogP contribution in [0.15, 0.2) is 109 Å². The summed E-state index contributed by atoms with van der Waals surface area (Å²) in [4.78, 5) is 38.3. The Balaban J connectivity index is 4.40. The van der Waals surface area contributed by atoms with Gasteiger partial charge in [-0.25, -0.2) is 0 Å². The summed E-state index contributed by atoms with van der Waals surface area (Å²) in [6.07, 6.45) is 86.6. The van der Waals surface area contributed by atoms with Crippen LogP contribution in [0.4, 0.5) is 0 Å². The fourth-order valence-corrected chi connectivity index (χ4v) is 8.69. The number of rotatable bonds is 57. The van der Waals surface area contributed by atoms with E-state index in [1.807, 2.05) is 0 Å². The van der Waals surface area contributed by atoms with Gasteiger partial charge in [-0.05, 0) is 122 Å². The van der Waals surface area contributed by atoms with Gasteiger partial charge < -0.3 is 14.2 Å². The Morgan fingerprint density at radius 3 is 0.842 bits per heavy atom. The predicted octanol–water partition coefficient (Wildman–Crippen LogP) is 21.8. The minimum atomic E-state index is -0.798. The summed E-state index contributed by atoms with van der Waals surface area (Å²) >= 11 is 0. The summed E-state index contributed by atoms with van der Waals surface area (Å²) in [6, 6.07) is 0. The molecule has 6 heteroatoms. The molecule has 76 heavy (non-hydrogen) atoms. The zero-order valence-corrected chi connectivity index (χ0v) is 49.7. The molecule has 1 unspecified atom stereocenters. The highest BCUT2D eigenvalue weighted by atomic mass is 16.6. The van der Waals surface area contributed by atoms with E-state index < -0.39 is 6.10 Å². The first kappa shape index (κ1) is 72.1. The number of carbonyl (C=O) groups is 3. The third-order valence-electron chi connectivity index (χ3n) is 13.5. The Morgan fingerprint density at radius 2 is 0.526 bits per heavy atom. The van der Waals surface area contributed by atoms with E-state index in [0.717, 1.165) is 141 Å². The Labute approximate surface area is 470 Å². The molecule has 0 aromatic carbocycles. The highest BCUT2D eigenvalue weighted by molar-refractivity contribution is 5.71. The van der Waals surface area contributed by atoms with Crippen molar-refractivity contribution >= 4 is 17.9 Å². The molecular formula is C70H118O6. The van der Waals surface area contributed by atoms with Crippen molar-refractivity contribution in [2.24, 2.45) is 0 Å². The van der Waals surface area contributed by atoms with Gasteiger partial charge >= 0.3 is 17.9 Å². The van der Waals surface area contributed by atoms with Crippen molar-refractivity contribution in [3.05, 3.63) is 109 Å². The van der Waals surface area contributed by atoms with Gasteiger partial charge in [-0.3, -0.25) is 14.4 Å². The zero-order chi connectivity index (χ0) is 55.0. The number of allylic oxidation sites excluding steroid dienone is 18. The number of esters is 3. The second-order valence-electron chi connectivity index (χ2n) is 20.9. The Hall–Kier alpha value is -3.93. The summed E-state index contributed by atoms with van der Waals surface area (Å²) in [5, 5.41) is 0. The van der Waals surface area contributed by atoms with Crippen molar-refractivity contribution in [2.75, 3.05) is 13.2 Å². The smallest absolute Gasteiger partial charge is 0.306 e. The SMILES string of the molecule is CC/C=C\C/C=C\C/C=C\C/C=C\C/C=C\CCCCCCCC(=O)OC(COC(=O)CCCCCCC/C=C\C/C=C\CCCC)COC(=O)CCCCCCCCCCCCC/C=C\C/C=C\CCCCCCC. The average molecular weight is 1060 g/mol. The number of hydrogen-bond donors (Lipinski definition) is 0. The fraction of sp³-hybridized carbons (Fsp3) is 0.700. The molecule has 0 saturated carbocycles. The van der Waals surface area contributed by atoms with Gasteiger partial charge in [0.05, 0.1) is 0 Å². The number of ether oxygens (including phenoxy) is 3. The van der Waals surface area contributed by atoms with E-state index in [2.05, 4.69) is 130 Å². The summed E-state index contributed by atoms with van der Waals surface area (Å²) in [5.41, 5.74) is 0. The minimum absolute atomic E-state index is 0.0924. The van der Waals surface area contributed by atoms with Crippen LogP contribution in [0.5, 0.6) is 0 Å². The van der Waals surface area contributed by atoms with Crippen molar-refractivity contribution < 1.29 is 28.6 Å². The maximum absolute atomic E-state index is 12.9. The van der Waals surface area contributed by atoms with Crippen molar-refractivity contribution in [2.45, 2.75) is 303 Å². The van der Waals surface area contributed by atoms with Gasteiger partial charge in [0.25, 0.3) is 0 Å². The molecule has 0 heterocycles. The lowest BCUT2D eigenvalue weighted by atomic mass is 10.0. The largest absolute Gasteiger partial charge is 0.462 e. The Morgan fingerprint density at radius 1 is 0.276 bits per heavy atom. The number of unbranched alkanes of at least 4 members (excludes halogenated alkanes) is 28. The monoisotopic (exact) mass is 1050 g/mol. The van der Waals surface area contributed by atoms with Crippen LogP contribution in [0, 0.1) is 0 Å². The molecule has 0 spiro atoms. The van der Waals surface area contributed by atoms with E-state index in [0.29, 0.717) is 19.3 Å². The van der Waals surface area contributed by atoms with Gasteiger partial charge in [0.15, 0.2) is 6.10 Å². The molecule has 0 aliphatic heterocycles. The Kier molecular flexibility index (Phi) is 60.3. The molecule has 0 bridgehead atoms. The highest BCUT2D eigenvalue weighted by Crippen LogP contribution is 2.15. The van der Waals surface area contributed by atoms with Gasteiger partial charge in [-0.1, -0.05) is 265 Å². The van der Waals surface area contributed by atoms with Crippen LogP contribution >= 0.6 is 0 Å². The van der Waals surface area contributed by atoms with E-state index in [-0.39, 0.29) is 31.1 Å². The van der Waals surface area contributed by atoms with Crippen LogP contribution < -0.4 is 0 Å². The topological polar surface area (TPSA) is 78.9 Å². The van der Waals surface area contributed by atoms with Crippen molar-refractivity contribution in [1.82, 2.24) is 0 Å². The Bertz CT molecular complexity index is 1540. The van der Waals surface area contributed by atoms with Crippen LogP contribution in [0.3, 0.4) is 0 Å². The molecule has 0 radical (unpaired) electrons. The standard InChI is InChI=1S/C70H118O6/c1-4-7-10-13-16-19-22-25-28-30-32-34-35-37-38-40-42-45-48-51-54-57-60-63-69(72)75-66-67(65-74-68(71)62-59-56-53-50-47-44-27-24-21-18-15-12-9-6-3)76-70(73)64-61-58-55-52-49-46-43-41-39-36-33-31-29-26-23-20-17-14-11-8-5-2/h8,11,15,17-18,20,22,24-27,29-30,32-33,36,41,43,67H,4-7,9-10,12-14,16,19,21,23,28,31,34-35,37-40,42,44-66H2,1-3H3/b11-8-,18-15-,20-17-,25-22-,27-24-,29-26-,32-30-,36-33-,43-41-. The molecular weight excluding hydrogens is 937 g/mol. The first-order chi connectivity index (χ1) is 37.5. The van der Waals surface area contributed by atoms with Gasteiger partial charge in [-0.2, -0.15) is 0 Å². The fourth-order valence-electron chi connectivity index (χ4n) is 8.69. The van der Waals surface area contributed by atoms with Gasteiger partial charge in [-0.15, -0.1) is 0 Å². The van der Waals surface area contributed by atoms with E-state index in [4.69, 9.17) is 14.2 Å². The molecule has 0 rings (SSSR count). The van der Waals surface area contributed by atoms with Crippen LogP contribution in [0.1, 0.15) is 297 Å². The second-order valence-corrected chi connectivity index (χ2v) is 20.9. The highest BCUT2D eigenvalue weighted by Gasteiger charge is 2.19. The second kappa shape index (κ2) is 63.6. The molecule has 1 atom stereocenters. The van der Waals surface area contributed by atoms with E-state index >= 15 is 0 Å². The van der Waals surface area contributed by atoms with E-state index in [1.165, 1.54) is 116 Å². The van der Waals surface area contributed by atoms with E-state index in [1.54, 1.807) is 0 Å². The van der Waals surface area contributed by atoms with Gasteiger partial charge in [0, 0.05) is 19.3 Å². The summed E-state index contributed by atoms with van der Waals surface area (Å²) in [5.74, 6) is -0.922. The summed E-state index contributed by atoms with van der Waals surface area (Å²) in [7, 11) is 0. The lowest BCUT2D eigenvalue weighted by molar-refractivity contribution is -0.167. The third-order valence-corrected chi connectivity index (χ3v) is 13.5. The molecule has 0 aliphatic carbocycles. The first-order valence-electron chi connectivity index (χ1n) is 31.9. The zero-order valence-electron chi connectivity index (χ0n) is 49.7. The maximum atomic E-state index is 12.9. The van der Waals surface area contributed by atoms with Crippen molar-refractivity contribution in [1.29, 1.82) is 0 Å². The molecule has 0 aliphatic rings. The number of hydrogen-bond acceptors (Lipinski definition) is 6. The van der Waals surface area contributed by atoms with Gasteiger partial charge in [0.2, 0.25) is 0 Å². The quantitative estimate of drug-likeness (QED) is 0.0261. The lowest BCUT2D eigenvalue weighted by Gasteiger charge is -2.18. The molecule has 0 fully saturated rings. The molecule has 0 saturated heterocycles. The summed E-state index contributed by atoms with van der Waals surface area (Å²) in [6.45, 7) is 6.46. The molecule has 0 amide bonds. The van der Waals surface area contributed by atoms with Crippen molar-refractivity contribution in [3.8, 4) is 0 Å². The van der Waals surface area contributed by atoms with E-state index in [9.17, 15) is 14.4 Å². The molecule has 6 nitrogen and oxygen atoms in total. The normalized spacial score (nSPS) is 12.8. The molecule has 0 aromatic heterocycles. The average Bonchev–Trinajstić information content (AvgIpc) is 3.42. The predicted molar refractivity (Wildman–Crippen MR) is 330 cm³/mol. The van der Waals surface area contributed by atoms with Crippen molar-refractivity contribution in [3.63, 3.8) is 0 Å². The minimum Gasteiger partial charge on any atom is -0.462 e. The number of carbonyl (C=O) groups excluding carboxylic acids is 3. The molecule has 434 valence electrons. The van der Waals surface area contributed by atoms with Crippen LogP contribution in [-0.2, 0) is 28.6 Å².